The fraction of sp³-hybridized carbons (Fsp3) is 0.562. The minimum atomic E-state index is -1.43. The van der Waals surface area contributed by atoms with Crippen LogP contribution in [0.1, 0.15) is 47.2 Å². The summed E-state index contributed by atoms with van der Waals surface area (Å²) in [6, 6.07) is 0. The van der Waals surface area contributed by atoms with Crippen LogP contribution in [0.25, 0.3) is 0 Å². The second-order valence-corrected chi connectivity index (χ2v) is 7.16. The summed E-state index contributed by atoms with van der Waals surface area (Å²) >= 11 is 0. The molecular weight excluding hydrogens is 328 g/mol. The van der Waals surface area contributed by atoms with Gasteiger partial charge in [0.15, 0.2) is 5.82 Å². The highest BCUT2D eigenvalue weighted by Crippen LogP contribution is 2.23. The van der Waals surface area contributed by atoms with Gasteiger partial charge in [-0.2, -0.15) is 0 Å². The Bertz CT molecular complexity index is 667. The SMILES string of the molecule is CC(=O)Nc1cncc(CC(C)(C)N(C(=O)O)C(=O)OC(C)(C)C)n1. The van der Waals surface area contributed by atoms with E-state index < -0.39 is 23.3 Å². The van der Waals surface area contributed by atoms with Gasteiger partial charge in [0.05, 0.1) is 17.4 Å². The molecule has 0 aliphatic carbocycles. The minimum Gasteiger partial charge on any atom is -0.465 e. The molecule has 9 nitrogen and oxygen atoms in total. The van der Waals surface area contributed by atoms with Crippen LogP contribution in [0.2, 0.25) is 0 Å². The first kappa shape index (κ1) is 20.3. The monoisotopic (exact) mass is 352 g/mol. The fourth-order valence-corrected chi connectivity index (χ4v) is 2.15. The Balaban J connectivity index is 3.05. The number of imide groups is 1. The quantitative estimate of drug-likeness (QED) is 0.854. The van der Waals surface area contributed by atoms with Gasteiger partial charge in [-0.1, -0.05) is 0 Å². The van der Waals surface area contributed by atoms with Gasteiger partial charge in [-0.15, -0.1) is 0 Å². The highest BCUT2D eigenvalue weighted by molar-refractivity contribution is 5.88. The molecule has 0 aliphatic rings. The lowest BCUT2D eigenvalue weighted by Crippen LogP contribution is -2.53. The molecule has 0 spiro atoms. The Kier molecular flexibility index (Phi) is 6.06. The number of carbonyl (C=O) groups is 3. The molecule has 1 heterocycles. The highest BCUT2D eigenvalue weighted by Gasteiger charge is 2.39. The van der Waals surface area contributed by atoms with Crippen LogP contribution in [0.4, 0.5) is 15.4 Å². The van der Waals surface area contributed by atoms with E-state index in [0.717, 1.165) is 0 Å². The maximum absolute atomic E-state index is 12.3. The molecular formula is C16H24N4O5. The number of rotatable bonds is 4. The van der Waals surface area contributed by atoms with Crippen molar-refractivity contribution in [3.63, 3.8) is 0 Å². The topological polar surface area (TPSA) is 122 Å². The predicted molar refractivity (Wildman–Crippen MR) is 90.2 cm³/mol. The van der Waals surface area contributed by atoms with Gasteiger partial charge in [-0.05, 0) is 34.6 Å². The maximum atomic E-state index is 12.3. The number of carboxylic acid groups (broad SMARTS) is 1. The number of nitrogens with zero attached hydrogens (tertiary/aromatic N) is 3. The molecule has 0 saturated carbocycles. The van der Waals surface area contributed by atoms with E-state index in [4.69, 9.17) is 4.74 Å². The van der Waals surface area contributed by atoms with E-state index in [1.54, 1.807) is 34.6 Å². The predicted octanol–water partition coefficient (Wildman–Crippen LogP) is 2.67. The van der Waals surface area contributed by atoms with Crippen LogP contribution in [0.5, 0.6) is 0 Å². The lowest BCUT2D eigenvalue weighted by atomic mass is 9.97. The number of anilines is 1. The Morgan fingerprint density at radius 3 is 2.28 bits per heavy atom. The first-order chi connectivity index (χ1) is 11.3. The first-order valence-electron chi connectivity index (χ1n) is 7.66. The second kappa shape index (κ2) is 7.45. The van der Waals surface area contributed by atoms with Crippen LogP contribution in [0.3, 0.4) is 0 Å². The molecule has 0 radical (unpaired) electrons. The van der Waals surface area contributed by atoms with Crippen molar-refractivity contribution in [2.45, 2.75) is 59.1 Å². The van der Waals surface area contributed by atoms with Crippen molar-refractivity contribution < 1.29 is 24.2 Å². The van der Waals surface area contributed by atoms with Crippen LogP contribution in [-0.2, 0) is 16.0 Å². The molecule has 0 fully saturated rings. The molecule has 9 heteroatoms. The van der Waals surface area contributed by atoms with Crippen molar-refractivity contribution in [1.82, 2.24) is 14.9 Å². The average molecular weight is 352 g/mol. The number of hydrogen-bond donors (Lipinski definition) is 2. The van der Waals surface area contributed by atoms with E-state index in [2.05, 4.69) is 15.3 Å². The van der Waals surface area contributed by atoms with Gasteiger partial charge in [-0.25, -0.2) is 19.5 Å². The third-order valence-electron chi connectivity index (χ3n) is 2.97. The van der Waals surface area contributed by atoms with Gasteiger partial charge in [0.2, 0.25) is 5.91 Å². The Morgan fingerprint density at radius 1 is 1.20 bits per heavy atom. The van der Waals surface area contributed by atoms with Crippen LogP contribution in [-0.4, -0.2) is 49.2 Å². The molecule has 0 unspecified atom stereocenters. The van der Waals surface area contributed by atoms with Gasteiger partial charge in [0.25, 0.3) is 0 Å². The zero-order chi connectivity index (χ0) is 19.4. The van der Waals surface area contributed by atoms with Crippen LogP contribution >= 0.6 is 0 Å². The molecule has 0 atom stereocenters. The summed E-state index contributed by atoms with van der Waals surface area (Å²) in [6.07, 6.45) is 0.531. The zero-order valence-electron chi connectivity index (χ0n) is 15.3. The number of aromatic nitrogens is 2. The molecule has 0 bridgehead atoms. The smallest absolute Gasteiger partial charge is 0.420 e. The van der Waals surface area contributed by atoms with Crippen molar-refractivity contribution in [3.05, 3.63) is 18.1 Å². The number of amides is 3. The molecule has 0 aliphatic heterocycles. The third-order valence-corrected chi connectivity index (χ3v) is 2.97. The summed E-state index contributed by atoms with van der Waals surface area (Å²) in [5, 5.41) is 12.0. The molecule has 138 valence electrons. The maximum Gasteiger partial charge on any atom is 0.420 e. The Labute approximate surface area is 146 Å². The van der Waals surface area contributed by atoms with Crippen molar-refractivity contribution in [3.8, 4) is 0 Å². The van der Waals surface area contributed by atoms with Crippen molar-refractivity contribution in [2.75, 3.05) is 5.32 Å². The average Bonchev–Trinajstić information content (AvgIpc) is 2.33. The Morgan fingerprint density at radius 2 is 1.80 bits per heavy atom. The number of hydrogen-bond acceptors (Lipinski definition) is 6. The molecule has 0 saturated heterocycles. The summed E-state index contributed by atoms with van der Waals surface area (Å²) < 4.78 is 5.17. The summed E-state index contributed by atoms with van der Waals surface area (Å²) in [6.45, 7) is 9.46. The lowest BCUT2D eigenvalue weighted by Gasteiger charge is -2.35. The van der Waals surface area contributed by atoms with Gasteiger partial charge < -0.3 is 15.2 Å². The van der Waals surface area contributed by atoms with Crippen LogP contribution < -0.4 is 5.32 Å². The molecule has 0 aromatic carbocycles. The first-order valence-corrected chi connectivity index (χ1v) is 7.66. The largest absolute Gasteiger partial charge is 0.465 e. The number of ether oxygens (including phenoxy) is 1. The van der Waals surface area contributed by atoms with E-state index in [1.165, 1.54) is 19.3 Å². The van der Waals surface area contributed by atoms with Gasteiger partial charge in [0, 0.05) is 19.5 Å². The van der Waals surface area contributed by atoms with Crippen molar-refractivity contribution >= 4 is 23.9 Å². The number of nitrogens with one attached hydrogen (secondary N) is 1. The minimum absolute atomic E-state index is 0.0962. The van der Waals surface area contributed by atoms with Gasteiger partial charge in [-0.3, -0.25) is 9.78 Å². The third kappa shape index (κ3) is 6.36. The van der Waals surface area contributed by atoms with Gasteiger partial charge >= 0.3 is 12.2 Å². The fourth-order valence-electron chi connectivity index (χ4n) is 2.15. The van der Waals surface area contributed by atoms with E-state index in [-0.39, 0.29) is 18.1 Å². The molecule has 1 aromatic heterocycles. The standard InChI is InChI=1S/C16H24N4O5/c1-10(21)18-12-9-17-8-11(19-12)7-16(5,6)20(13(22)23)14(24)25-15(2,3)4/h8-9H,7H2,1-6H3,(H,22,23)(H,18,19,21). The molecule has 1 rings (SSSR count). The summed E-state index contributed by atoms with van der Waals surface area (Å²) in [5.41, 5.74) is -1.55. The zero-order valence-corrected chi connectivity index (χ0v) is 15.3. The number of carbonyl (C=O) groups excluding carboxylic acids is 2. The molecule has 1 aromatic rings. The lowest BCUT2D eigenvalue weighted by molar-refractivity contribution is -0.114. The van der Waals surface area contributed by atoms with Crippen molar-refractivity contribution in [1.29, 1.82) is 0 Å². The Hall–Kier alpha value is -2.71. The molecule has 3 amide bonds. The highest BCUT2D eigenvalue weighted by atomic mass is 16.6. The van der Waals surface area contributed by atoms with Crippen LogP contribution in [0, 0.1) is 0 Å². The van der Waals surface area contributed by atoms with E-state index in [0.29, 0.717) is 10.6 Å². The molecule has 2 N–H and O–H groups in total. The summed E-state index contributed by atoms with van der Waals surface area (Å²) in [7, 11) is 0. The van der Waals surface area contributed by atoms with Gasteiger partial charge in [0.1, 0.15) is 5.60 Å². The molecule has 25 heavy (non-hydrogen) atoms. The van der Waals surface area contributed by atoms with E-state index >= 15 is 0 Å². The summed E-state index contributed by atoms with van der Waals surface area (Å²) in [5.74, 6) is -0.0495. The van der Waals surface area contributed by atoms with E-state index in [9.17, 15) is 19.5 Å². The van der Waals surface area contributed by atoms with Crippen LogP contribution in [0.15, 0.2) is 12.4 Å². The normalized spacial score (nSPS) is 11.6. The van der Waals surface area contributed by atoms with E-state index in [1.807, 2.05) is 0 Å². The summed E-state index contributed by atoms with van der Waals surface area (Å²) in [4.78, 5) is 43.8. The van der Waals surface area contributed by atoms with Crippen molar-refractivity contribution in [2.24, 2.45) is 0 Å². The second-order valence-electron chi connectivity index (χ2n) is 7.16.